The van der Waals surface area contributed by atoms with E-state index in [1.165, 1.54) is 16.7 Å². The highest BCUT2D eigenvalue weighted by Crippen LogP contribution is 2.38. The maximum absolute atomic E-state index is 13.1. The standard InChI is InChI=1S/C34H43N9O3S/c1-22(2)46-30-18-27(26-12-15-42(16-13-26)21-25-19-36-41(6)20-25)24(5)17-29(30)37-33-39-32-11-14-35-43(32)34(40-33)38-28-9-7-8-10-31(28)47(44,45)23(3)4/h7-11,14,17-20,22-23,26H,12-13,15-16,21H2,1-6H3,(H2,37,38,39,40). The summed E-state index contributed by atoms with van der Waals surface area (Å²) in [5.74, 6) is 1.82. The molecule has 248 valence electrons. The monoisotopic (exact) mass is 657 g/mol. The van der Waals surface area contributed by atoms with Crippen molar-refractivity contribution in [3.05, 3.63) is 77.7 Å². The van der Waals surface area contributed by atoms with Crippen LogP contribution in [0.4, 0.5) is 23.3 Å². The molecule has 47 heavy (non-hydrogen) atoms. The fraction of sp³-hybridized carbons (Fsp3) is 0.412. The molecule has 0 amide bonds. The van der Waals surface area contributed by atoms with E-state index in [2.05, 4.69) is 51.0 Å². The summed E-state index contributed by atoms with van der Waals surface area (Å²) in [4.78, 5) is 12.1. The van der Waals surface area contributed by atoms with E-state index in [0.29, 0.717) is 29.1 Å². The van der Waals surface area contributed by atoms with Gasteiger partial charge in [-0.3, -0.25) is 9.58 Å². The van der Waals surface area contributed by atoms with E-state index < -0.39 is 15.1 Å². The third kappa shape index (κ3) is 7.10. The average Bonchev–Trinajstić information content (AvgIpc) is 3.67. The summed E-state index contributed by atoms with van der Waals surface area (Å²) in [6, 6.07) is 12.9. The minimum atomic E-state index is -3.55. The molecule has 6 rings (SSSR count). The number of sulfone groups is 1. The van der Waals surface area contributed by atoms with E-state index >= 15 is 0 Å². The van der Waals surface area contributed by atoms with Gasteiger partial charge in [0.25, 0.3) is 0 Å². The Bertz CT molecular complexity index is 1980. The van der Waals surface area contributed by atoms with Gasteiger partial charge in [-0.25, -0.2) is 8.42 Å². The highest BCUT2D eigenvalue weighted by molar-refractivity contribution is 7.92. The highest BCUT2D eigenvalue weighted by atomic mass is 32.2. The van der Waals surface area contributed by atoms with Crippen LogP contribution in [0.5, 0.6) is 5.75 Å². The van der Waals surface area contributed by atoms with Gasteiger partial charge in [0.15, 0.2) is 15.5 Å². The topological polar surface area (TPSA) is 132 Å². The third-order valence-electron chi connectivity index (χ3n) is 8.49. The lowest BCUT2D eigenvalue weighted by Gasteiger charge is -2.33. The number of ether oxygens (including phenoxy) is 1. The van der Waals surface area contributed by atoms with Crippen molar-refractivity contribution in [1.82, 2.24) is 34.3 Å². The summed E-state index contributed by atoms with van der Waals surface area (Å²) in [7, 11) is -1.60. The molecule has 2 aromatic carbocycles. The Morgan fingerprint density at radius 1 is 0.979 bits per heavy atom. The van der Waals surface area contributed by atoms with E-state index in [-0.39, 0.29) is 11.0 Å². The Labute approximate surface area is 276 Å². The lowest BCUT2D eigenvalue weighted by molar-refractivity contribution is 0.204. The highest BCUT2D eigenvalue weighted by Gasteiger charge is 2.25. The number of aryl methyl sites for hydroxylation is 2. The van der Waals surface area contributed by atoms with Crippen LogP contribution in [0.25, 0.3) is 5.65 Å². The Hall–Kier alpha value is -4.49. The van der Waals surface area contributed by atoms with Crippen LogP contribution in [0.3, 0.4) is 0 Å². The number of likely N-dealkylation sites (tertiary alicyclic amines) is 1. The molecule has 5 aromatic rings. The van der Waals surface area contributed by atoms with Crippen molar-refractivity contribution in [2.75, 3.05) is 23.7 Å². The van der Waals surface area contributed by atoms with Crippen LogP contribution in [-0.2, 0) is 23.4 Å². The van der Waals surface area contributed by atoms with E-state index in [9.17, 15) is 8.42 Å². The molecule has 3 aromatic heterocycles. The van der Waals surface area contributed by atoms with Crippen LogP contribution in [0.15, 0.2) is 66.0 Å². The molecule has 2 N–H and O–H groups in total. The molecule has 12 nitrogen and oxygen atoms in total. The van der Waals surface area contributed by atoms with Gasteiger partial charge in [-0.2, -0.15) is 24.7 Å². The molecule has 13 heteroatoms. The molecule has 0 spiro atoms. The van der Waals surface area contributed by atoms with Crippen LogP contribution in [0.2, 0.25) is 0 Å². The normalized spacial score (nSPS) is 14.7. The number of hydrogen-bond donors (Lipinski definition) is 2. The van der Waals surface area contributed by atoms with E-state index in [1.807, 2.05) is 31.8 Å². The second-order valence-corrected chi connectivity index (χ2v) is 15.2. The first-order valence-electron chi connectivity index (χ1n) is 16.1. The number of anilines is 4. The van der Waals surface area contributed by atoms with Crippen LogP contribution in [0, 0.1) is 6.92 Å². The Kier molecular flexibility index (Phi) is 9.20. The lowest BCUT2D eigenvalue weighted by Crippen LogP contribution is -2.32. The maximum Gasteiger partial charge on any atom is 0.233 e. The first-order chi connectivity index (χ1) is 22.5. The number of fused-ring (bicyclic) bond motifs is 1. The van der Waals surface area contributed by atoms with Crippen molar-refractivity contribution in [3.63, 3.8) is 0 Å². The van der Waals surface area contributed by atoms with Gasteiger partial charge in [0.2, 0.25) is 11.9 Å². The molecule has 1 saturated heterocycles. The van der Waals surface area contributed by atoms with Gasteiger partial charge in [-0.05, 0) is 102 Å². The number of benzene rings is 2. The van der Waals surface area contributed by atoms with Crippen LogP contribution < -0.4 is 15.4 Å². The summed E-state index contributed by atoms with van der Waals surface area (Å²) in [6.07, 6.45) is 7.76. The van der Waals surface area contributed by atoms with Gasteiger partial charge in [0, 0.05) is 31.4 Å². The van der Waals surface area contributed by atoms with Gasteiger partial charge >= 0.3 is 0 Å². The van der Waals surface area contributed by atoms with Gasteiger partial charge in [0.05, 0.1) is 40.0 Å². The summed E-state index contributed by atoms with van der Waals surface area (Å²) < 4.78 is 36.0. The molecule has 1 fully saturated rings. The molecule has 0 aliphatic carbocycles. The Balaban J connectivity index is 1.27. The molecular weight excluding hydrogens is 615 g/mol. The largest absolute Gasteiger partial charge is 0.489 e. The average molecular weight is 658 g/mol. The second-order valence-electron chi connectivity index (χ2n) is 12.8. The van der Waals surface area contributed by atoms with Gasteiger partial charge in [-0.15, -0.1) is 0 Å². The van der Waals surface area contributed by atoms with Gasteiger partial charge in [-0.1, -0.05) is 12.1 Å². The quantitative estimate of drug-likeness (QED) is 0.174. The predicted octanol–water partition coefficient (Wildman–Crippen LogP) is 6.00. The number of nitrogens with zero attached hydrogens (tertiary/aromatic N) is 7. The van der Waals surface area contributed by atoms with Gasteiger partial charge < -0.3 is 15.4 Å². The van der Waals surface area contributed by atoms with Gasteiger partial charge in [0.1, 0.15) is 5.75 Å². The first-order valence-corrected chi connectivity index (χ1v) is 17.6. The first kappa shape index (κ1) is 32.5. The summed E-state index contributed by atoms with van der Waals surface area (Å²) in [5.41, 5.74) is 5.43. The second kappa shape index (κ2) is 13.3. The number of piperidine rings is 1. The number of aromatic nitrogens is 6. The number of nitrogens with one attached hydrogen (secondary N) is 2. The molecule has 0 atom stereocenters. The maximum atomic E-state index is 13.1. The minimum Gasteiger partial charge on any atom is -0.489 e. The van der Waals surface area contributed by atoms with Crippen molar-refractivity contribution >= 4 is 38.8 Å². The minimum absolute atomic E-state index is 0.0395. The molecule has 1 aliphatic heterocycles. The smallest absolute Gasteiger partial charge is 0.233 e. The molecule has 0 bridgehead atoms. The molecule has 4 heterocycles. The SMILES string of the molecule is Cc1cc(Nc2nc(Nc3ccccc3S(=O)(=O)C(C)C)n3nccc3n2)c(OC(C)C)cc1C1CCN(Cc2cnn(C)c2)CC1. The molecule has 0 unspecified atom stereocenters. The van der Waals surface area contributed by atoms with Crippen molar-refractivity contribution in [2.24, 2.45) is 7.05 Å². The summed E-state index contributed by atoms with van der Waals surface area (Å²) in [5, 5.41) is 14.7. The molecule has 0 radical (unpaired) electrons. The van der Waals surface area contributed by atoms with Crippen LogP contribution in [0.1, 0.15) is 63.1 Å². The van der Waals surface area contributed by atoms with Crippen molar-refractivity contribution < 1.29 is 13.2 Å². The van der Waals surface area contributed by atoms with Crippen molar-refractivity contribution in [2.45, 2.75) is 76.2 Å². The summed E-state index contributed by atoms with van der Waals surface area (Å²) >= 11 is 0. The van der Waals surface area contributed by atoms with Crippen molar-refractivity contribution in [1.29, 1.82) is 0 Å². The Morgan fingerprint density at radius 2 is 1.74 bits per heavy atom. The number of hydrogen-bond acceptors (Lipinski definition) is 10. The number of para-hydroxylation sites is 1. The summed E-state index contributed by atoms with van der Waals surface area (Å²) in [6.45, 7) is 12.5. The van der Waals surface area contributed by atoms with Crippen molar-refractivity contribution in [3.8, 4) is 5.75 Å². The molecule has 0 saturated carbocycles. The molecular formula is C34H43N9O3S. The molecule has 1 aliphatic rings. The zero-order valence-corrected chi connectivity index (χ0v) is 28.6. The lowest BCUT2D eigenvalue weighted by atomic mass is 9.86. The fourth-order valence-electron chi connectivity index (χ4n) is 6.08. The zero-order chi connectivity index (χ0) is 33.3. The zero-order valence-electron chi connectivity index (χ0n) is 27.8. The Morgan fingerprint density at radius 3 is 2.45 bits per heavy atom. The number of rotatable bonds is 11. The fourth-order valence-corrected chi connectivity index (χ4v) is 7.28. The van der Waals surface area contributed by atoms with E-state index in [1.54, 1.807) is 54.9 Å². The predicted molar refractivity (Wildman–Crippen MR) is 184 cm³/mol. The van der Waals surface area contributed by atoms with E-state index in [0.717, 1.165) is 43.9 Å². The van der Waals surface area contributed by atoms with E-state index in [4.69, 9.17) is 14.7 Å². The third-order valence-corrected chi connectivity index (χ3v) is 10.7. The van der Waals surface area contributed by atoms with Crippen LogP contribution in [-0.4, -0.2) is 67.1 Å². The van der Waals surface area contributed by atoms with Crippen LogP contribution >= 0.6 is 0 Å².